The number of carbonyl (C=O) groups is 3. The molecule has 7 nitrogen and oxygen atoms in total. The highest BCUT2D eigenvalue weighted by Crippen LogP contribution is 2.35. The summed E-state index contributed by atoms with van der Waals surface area (Å²) in [7, 11) is 0. The Labute approximate surface area is 186 Å². The molecule has 0 spiro atoms. The molecule has 0 bridgehead atoms. The van der Waals surface area contributed by atoms with Gasteiger partial charge in [0.05, 0.1) is 5.56 Å². The highest BCUT2D eigenvalue weighted by Gasteiger charge is 2.46. The third kappa shape index (κ3) is 6.40. The molecule has 1 aliphatic rings. The van der Waals surface area contributed by atoms with Crippen LogP contribution in [0.15, 0.2) is 24.3 Å². The Morgan fingerprint density at radius 2 is 1.59 bits per heavy atom. The van der Waals surface area contributed by atoms with Gasteiger partial charge in [0.2, 0.25) is 0 Å². The lowest BCUT2D eigenvalue weighted by Gasteiger charge is -2.35. The number of benzene rings is 1. The van der Waals surface area contributed by atoms with E-state index < -0.39 is 41.6 Å². The molecular formula is C23H29F2O7-. The number of ether oxygens (including phenoxy) is 3. The number of aliphatic carboxylic acids is 1. The number of esters is 1. The molecule has 1 saturated carbocycles. The van der Waals surface area contributed by atoms with Crippen LogP contribution in [0, 0.1) is 11.8 Å². The average Bonchev–Trinajstić information content (AvgIpc) is 2.72. The highest BCUT2D eigenvalue weighted by atomic mass is 19.3. The van der Waals surface area contributed by atoms with Gasteiger partial charge >= 0.3 is 18.0 Å². The van der Waals surface area contributed by atoms with Crippen LogP contribution in [0.4, 0.5) is 13.6 Å². The fourth-order valence-corrected chi connectivity index (χ4v) is 3.80. The van der Waals surface area contributed by atoms with Crippen molar-refractivity contribution in [2.24, 2.45) is 11.8 Å². The van der Waals surface area contributed by atoms with E-state index >= 15 is 0 Å². The summed E-state index contributed by atoms with van der Waals surface area (Å²) in [5, 5.41) is 10.7. The van der Waals surface area contributed by atoms with E-state index in [-0.39, 0.29) is 17.2 Å². The molecule has 1 aromatic rings. The molecule has 0 radical (unpaired) electrons. The lowest BCUT2D eigenvalue weighted by Crippen LogP contribution is -2.53. The first kappa shape index (κ1) is 25.5. The lowest BCUT2D eigenvalue weighted by atomic mass is 9.79. The zero-order valence-electron chi connectivity index (χ0n) is 18.7. The van der Waals surface area contributed by atoms with Gasteiger partial charge in [-0.1, -0.05) is 33.1 Å². The second kappa shape index (κ2) is 10.3. The minimum absolute atomic E-state index is 0.0893. The number of hydrogen-bond donors (Lipinski definition) is 0. The van der Waals surface area contributed by atoms with Crippen molar-refractivity contribution < 1.29 is 42.5 Å². The van der Waals surface area contributed by atoms with Gasteiger partial charge < -0.3 is 24.1 Å². The Kier molecular flexibility index (Phi) is 8.20. The molecule has 1 atom stereocenters. The molecule has 32 heavy (non-hydrogen) atoms. The normalized spacial score (nSPS) is 16.3. The second-order valence-electron chi connectivity index (χ2n) is 8.90. The maximum Gasteiger partial charge on any atom is 0.514 e. The van der Waals surface area contributed by atoms with Crippen LogP contribution in [0.3, 0.4) is 0 Å². The van der Waals surface area contributed by atoms with E-state index in [1.54, 1.807) is 0 Å². The molecule has 0 aromatic heterocycles. The molecule has 1 fully saturated rings. The molecular weight excluding hydrogens is 426 g/mol. The molecule has 2 rings (SSSR count). The number of carboxylic acids is 1. The quantitative estimate of drug-likeness (QED) is 0.429. The molecule has 0 N–H and O–H groups in total. The van der Waals surface area contributed by atoms with E-state index in [1.165, 1.54) is 44.5 Å². The van der Waals surface area contributed by atoms with Crippen molar-refractivity contribution in [3.63, 3.8) is 0 Å². The molecule has 9 heteroatoms. The van der Waals surface area contributed by atoms with Crippen LogP contribution in [-0.4, -0.2) is 35.7 Å². The summed E-state index contributed by atoms with van der Waals surface area (Å²) in [6.45, 7) is 6.28. The van der Waals surface area contributed by atoms with Crippen molar-refractivity contribution in [1.82, 2.24) is 0 Å². The number of rotatable bonds is 8. The van der Waals surface area contributed by atoms with Gasteiger partial charge in [0.25, 0.3) is 0 Å². The lowest BCUT2D eigenvalue weighted by molar-refractivity contribution is -0.337. The molecule has 1 aromatic carbocycles. The smallest absolute Gasteiger partial charge is 0.514 e. The van der Waals surface area contributed by atoms with Crippen LogP contribution in [0.5, 0.6) is 5.75 Å². The van der Waals surface area contributed by atoms with Gasteiger partial charge in [-0.2, -0.15) is 8.78 Å². The minimum Gasteiger partial charge on any atom is -0.544 e. The maximum absolute atomic E-state index is 13.8. The van der Waals surface area contributed by atoms with Gasteiger partial charge in [0.15, 0.2) is 6.10 Å². The third-order valence-corrected chi connectivity index (χ3v) is 5.69. The molecule has 0 aliphatic heterocycles. The summed E-state index contributed by atoms with van der Waals surface area (Å²) in [5.41, 5.74) is -0.801. The van der Waals surface area contributed by atoms with Crippen molar-refractivity contribution in [2.75, 3.05) is 0 Å². The van der Waals surface area contributed by atoms with Crippen molar-refractivity contribution in [1.29, 1.82) is 0 Å². The monoisotopic (exact) mass is 455 g/mol. The third-order valence-electron chi connectivity index (χ3n) is 5.69. The van der Waals surface area contributed by atoms with E-state index in [9.17, 15) is 28.3 Å². The summed E-state index contributed by atoms with van der Waals surface area (Å²) < 4.78 is 43.0. The van der Waals surface area contributed by atoms with Crippen LogP contribution >= 0.6 is 0 Å². The number of alkyl halides is 2. The van der Waals surface area contributed by atoms with E-state index in [0.29, 0.717) is 0 Å². The Morgan fingerprint density at radius 1 is 1.03 bits per heavy atom. The van der Waals surface area contributed by atoms with Crippen LogP contribution in [0.2, 0.25) is 0 Å². The number of hydrogen-bond acceptors (Lipinski definition) is 7. The van der Waals surface area contributed by atoms with E-state index in [4.69, 9.17) is 14.2 Å². The predicted octanol–water partition coefficient (Wildman–Crippen LogP) is 4.13. The summed E-state index contributed by atoms with van der Waals surface area (Å²) >= 11 is 0. The van der Waals surface area contributed by atoms with Gasteiger partial charge in [0.1, 0.15) is 17.3 Å². The number of carbonyl (C=O) groups excluding carboxylic acids is 3. The zero-order valence-corrected chi connectivity index (χ0v) is 18.7. The summed E-state index contributed by atoms with van der Waals surface area (Å²) in [4.78, 5) is 35.1. The summed E-state index contributed by atoms with van der Waals surface area (Å²) in [6, 6.07) is 5.00. The molecule has 1 aliphatic carbocycles. The van der Waals surface area contributed by atoms with Gasteiger partial charge in [-0.05, 0) is 62.8 Å². The number of halogens is 2. The highest BCUT2D eigenvalue weighted by molar-refractivity contribution is 5.90. The van der Waals surface area contributed by atoms with Crippen LogP contribution in [0.1, 0.15) is 70.2 Å². The first-order chi connectivity index (χ1) is 14.8. The van der Waals surface area contributed by atoms with Gasteiger partial charge in [-0.3, -0.25) is 0 Å². The predicted molar refractivity (Wildman–Crippen MR) is 108 cm³/mol. The second-order valence-corrected chi connectivity index (χ2v) is 8.90. The average molecular weight is 455 g/mol. The molecule has 1 unspecified atom stereocenters. The van der Waals surface area contributed by atoms with Crippen molar-refractivity contribution in [3.05, 3.63) is 29.8 Å². The summed E-state index contributed by atoms with van der Waals surface area (Å²) in [6.07, 6.45) is 2.23. The first-order valence-corrected chi connectivity index (χ1v) is 10.7. The topological polar surface area (TPSA) is 102 Å². The van der Waals surface area contributed by atoms with Gasteiger partial charge in [-0.15, -0.1) is 0 Å². The minimum atomic E-state index is -4.35. The molecule has 0 saturated heterocycles. The van der Waals surface area contributed by atoms with Crippen LogP contribution in [-0.2, 0) is 14.3 Å². The molecule has 0 heterocycles. The maximum atomic E-state index is 13.8. The molecule has 178 valence electrons. The number of carboxylic acid groups (broad SMARTS) is 1. The van der Waals surface area contributed by atoms with E-state index in [2.05, 4.69) is 0 Å². The Bertz CT molecular complexity index is 812. The largest absolute Gasteiger partial charge is 0.544 e. The van der Waals surface area contributed by atoms with Gasteiger partial charge in [-0.25, -0.2) is 9.59 Å². The van der Waals surface area contributed by atoms with Crippen LogP contribution < -0.4 is 9.84 Å². The Balaban J connectivity index is 1.99. The fourth-order valence-electron chi connectivity index (χ4n) is 3.80. The standard InChI is InChI=1S/C23H30F2O7/c1-14(2)18(23(24,25)20(27)28)31-19(26)15-10-12-17(13-11-15)30-21(29)32-22(3,4)16-8-6-5-7-9-16/h10-14,16,18H,5-9H2,1-4H3,(H,27,28)/p-1. The Hall–Kier alpha value is -2.71. The molecule has 0 amide bonds. The SMILES string of the molecule is CC(C)C(OC(=O)c1ccc(OC(=O)OC(C)(C)C2CCCCC2)cc1)C(F)(F)C(=O)[O-]. The zero-order chi connectivity index (χ0) is 24.1. The fraction of sp³-hybridized carbons (Fsp3) is 0.609. The van der Waals surface area contributed by atoms with Crippen molar-refractivity contribution >= 4 is 18.1 Å². The van der Waals surface area contributed by atoms with E-state index in [1.807, 2.05) is 13.8 Å². The van der Waals surface area contributed by atoms with Crippen molar-refractivity contribution in [3.8, 4) is 5.75 Å². The van der Waals surface area contributed by atoms with E-state index in [0.717, 1.165) is 25.7 Å². The summed E-state index contributed by atoms with van der Waals surface area (Å²) in [5.74, 6) is -8.75. The Morgan fingerprint density at radius 3 is 2.09 bits per heavy atom. The van der Waals surface area contributed by atoms with Crippen LogP contribution in [0.25, 0.3) is 0 Å². The first-order valence-electron chi connectivity index (χ1n) is 10.7. The van der Waals surface area contributed by atoms with Gasteiger partial charge in [0, 0.05) is 0 Å². The van der Waals surface area contributed by atoms with Crippen molar-refractivity contribution in [2.45, 2.75) is 77.4 Å².